The Hall–Kier alpha value is -2.46. The van der Waals surface area contributed by atoms with E-state index in [1.807, 2.05) is 49.4 Å². The summed E-state index contributed by atoms with van der Waals surface area (Å²) in [7, 11) is 0. The summed E-state index contributed by atoms with van der Waals surface area (Å²) in [6, 6.07) is 14.7. The Labute approximate surface area is 135 Å². The monoisotopic (exact) mass is 308 g/mol. The average molecular weight is 308 g/mol. The van der Waals surface area contributed by atoms with Gasteiger partial charge in [0.2, 0.25) is 5.91 Å². The van der Waals surface area contributed by atoms with Gasteiger partial charge in [-0.3, -0.25) is 9.59 Å². The number of nitrogens with two attached hydrogens (primary N) is 1. The van der Waals surface area contributed by atoms with Gasteiger partial charge in [-0.1, -0.05) is 30.3 Å². The molecule has 0 saturated heterocycles. The van der Waals surface area contributed by atoms with Crippen LogP contribution in [0.1, 0.15) is 41.4 Å². The first-order chi connectivity index (χ1) is 11.0. The van der Waals surface area contributed by atoms with Crippen LogP contribution in [0.2, 0.25) is 0 Å². The first kappa shape index (κ1) is 15.4. The Morgan fingerprint density at radius 3 is 2.57 bits per heavy atom. The Morgan fingerprint density at radius 2 is 1.91 bits per heavy atom. The summed E-state index contributed by atoms with van der Waals surface area (Å²) >= 11 is 0. The molecular formula is C19H20N2O2. The van der Waals surface area contributed by atoms with E-state index in [1.54, 1.807) is 17.9 Å². The van der Waals surface area contributed by atoms with E-state index in [-0.39, 0.29) is 17.7 Å². The molecule has 2 atom stereocenters. The van der Waals surface area contributed by atoms with Gasteiger partial charge in [-0.05, 0) is 49.6 Å². The third-order valence-electron chi connectivity index (χ3n) is 4.41. The topological polar surface area (TPSA) is 63.4 Å². The van der Waals surface area contributed by atoms with E-state index < -0.39 is 6.04 Å². The second-order valence-corrected chi connectivity index (χ2v) is 6.01. The molecule has 0 radical (unpaired) electrons. The highest BCUT2D eigenvalue weighted by atomic mass is 16.2. The molecule has 0 fully saturated rings. The van der Waals surface area contributed by atoms with Crippen molar-refractivity contribution in [1.82, 2.24) is 0 Å². The lowest BCUT2D eigenvalue weighted by Gasteiger charge is -2.37. The highest BCUT2D eigenvalue weighted by Crippen LogP contribution is 2.35. The minimum absolute atomic E-state index is 0.0147. The fourth-order valence-corrected chi connectivity index (χ4v) is 3.10. The molecular weight excluding hydrogens is 288 g/mol. The summed E-state index contributed by atoms with van der Waals surface area (Å²) in [5, 5.41) is 0. The summed E-state index contributed by atoms with van der Waals surface area (Å²) in [5.41, 5.74) is 9.55. The summed E-state index contributed by atoms with van der Waals surface area (Å²) in [6.07, 6.45) is 0.466. The number of benzene rings is 2. The minimum Gasteiger partial charge on any atom is -0.320 e. The average Bonchev–Trinajstić information content (AvgIpc) is 2.56. The van der Waals surface area contributed by atoms with Crippen molar-refractivity contribution in [3.8, 4) is 0 Å². The van der Waals surface area contributed by atoms with Gasteiger partial charge < -0.3 is 10.6 Å². The summed E-state index contributed by atoms with van der Waals surface area (Å²) in [6.45, 7) is 3.54. The van der Waals surface area contributed by atoms with Gasteiger partial charge in [0.15, 0.2) is 5.78 Å². The zero-order chi connectivity index (χ0) is 16.6. The highest BCUT2D eigenvalue weighted by molar-refractivity contribution is 6.02. The SMILES string of the molecule is CC(=O)c1ccc2c(c1)C[C@@H](N)C(=O)N2[C@@H](C)c1ccccc1. The summed E-state index contributed by atoms with van der Waals surface area (Å²) in [5.74, 6) is -0.0645. The van der Waals surface area contributed by atoms with E-state index in [1.165, 1.54) is 0 Å². The molecule has 1 heterocycles. The van der Waals surface area contributed by atoms with Crippen molar-refractivity contribution in [3.05, 3.63) is 65.2 Å². The molecule has 0 spiro atoms. The van der Waals surface area contributed by atoms with Crippen molar-refractivity contribution in [2.45, 2.75) is 32.4 Å². The molecule has 1 aliphatic rings. The molecule has 0 saturated carbocycles. The molecule has 0 unspecified atom stereocenters. The summed E-state index contributed by atoms with van der Waals surface area (Å²) in [4.78, 5) is 26.0. The largest absolute Gasteiger partial charge is 0.320 e. The van der Waals surface area contributed by atoms with Crippen LogP contribution in [0.15, 0.2) is 48.5 Å². The zero-order valence-corrected chi connectivity index (χ0v) is 13.3. The predicted octanol–water partition coefficient (Wildman–Crippen LogP) is 2.87. The van der Waals surface area contributed by atoms with E-state index in [9.17, 15) is 9.59 Å². The van der Waals surface area contributed by atoms with E-state index in [0.717, 1.165) is 16.8 Å². The van der Waals surface area contributed by atoms with Gasteiger partial charge in [-0.25, -0.2) is 0 Å². The first-order valence-electron chi connectivity index (χ1n) is 7.76. The van der Waals surface area contributed by atoms with Crippen LogP contribution in [0.5, 0.6) is 0 Å². The number of rotatable bonds is 3. The lowest BCUT2D eigenvalue weighted by Crippen LogP contribution is -2.49. The minimum atomic E-state index is -0.573. The van der Waals surface area contributed by atoms with E-state index in [2.05, 4.69) is 0 Å². The van der Waals surface area contributed by atoms with Crippen molar-refractivity contribution < 1.29 is 9.59 Å². The van der Waals surface area contributed by atoms with Crippen LogP contribution >= 0.6 is 0 Å². The molecule has 4 heteroatoms. The van der Waals surface area contributed by atoms with Crippen LogP contribution in [0, 0.1) is 0 Å². The van der Waals surface area contributed by atoms with Crippen LogP contribution in [-0.4, -0.2) is 17.7 Å². The molecule has 0 bridgehead atoms. The van der Waals surface area contributed by atoms with E-state index >= 15 is 0 Å². The molecule has 2 aromatic carbocycles. The number of carbonyl (C=O) groups excluding carboxylic acids is 2. The third kappa shape index (κ3) is 2.78. The van der Waals surface area contributed by atoms with Crippen LogP contribution in [0.4, 0.5) is 5.69 Å². The molecule has 0 aromatic heterocycles. The second kappa shape index (κ2) is 5.97. The number of anilines is 1. The van der Waals surface area contributed by atoms with Crippen molar-refractivity contribution in [1.29, 1.82) is 0 Å². The smallest absolute Gasteiger partial charge is 0.244 e. The number of amides is 1. The van der Waals surface area contributed by atoms with Crippen molar-refractivity contribution in [2.24, 2.45) is 5.73 Å². The van der Waals surface area contributed by atoms with Crippen molar-refractivity contribution >= 4 is 17.4 Å². The van der Waals surface area contributed by atoms with Crippen molar-refractivity contribution in [3.63, 3.8) is 0 Å². The van der Waals surface area contributed by atoms with Gasteiger partial charge >= 0.3 is 0 Å². The van der Waals surface area contributed by atoms with Gasteiger partial charge in [0, 0.05) is 11.3 Å². The third-order valence-corrected chi connectivity index (χ3v) is 4.41. The maximum absolute atomic E-state index is 12.7. The van der Waals surface area contributed by atoms with Gasteiger partial charge in [0.25, 0.3) is 0 Å². The summed E-state index contributed by atoms with van der Waals surface area (Å²) < 4.78 is 0. The number of carbonyl (C=O) groups is 2. The van der Waals surface area contributed by atoms with Crippen LogP contribution in [-0.2, 0) is 11.2 Å². The Kier molecular flexibility index (Phi) is 4.01. The number of ketones is 1. The molecule has 3 rings (SSSR count). The quantitative estimate of drug-likeness (QED) is 0.887. The van der Waals surface area contributed by atoms with Gasteiger partial charge in [-0.2, -0.15) is 0 Å². The molecule has 118 valence electrons. The molecule has 2 N–H and O–H groups in total. The lowest BCUT2D eigenvalue weighted by molar-refractivity contribution is -0.120. The van der Waals surface area contributed by atoms with Crippen molar-refractivity contribution in [2.75, 3.05) is 4.90 Å². The molecule has 1 amide bonds. The maximum atomic E-state index is 12.7. The van der Waals surface area contributed by atoms with Gasteiger partial charge in [-0.15, -0.1) is 0 Å². The Morgan fingerprint density at radius 1 is 1.22 bits per heavy atom. The molecule has 1 aliphatic heterocycles. The van der Waals surface area contributed by atoms with Crippen LogP contribution in [0.3, 0.4) is 0 Å². The number of hydrogen-bond donors (Lipinski definition) is 1. The number of nitrogens with zero attached hydrogens (tertiary/aromatic N) is 1. The number of hydrogen-bond acceptors (Lipinski definition) is 3. The molecule has 2 aromatic rings. The van der Waals surface area contributed by atoms with Crippen LogP contribution < -0.4 is 10.6 Å². The first-order valence-corrected chi connectivity index (χ1v) is 7.76. The van der Waals surface area contributed by atoms with Crippen LogP contribution in [0.25, 0.3) is 0 Å². The number of Topliss-reactive ketones (excluding diaryl/α,β-unsaturated/α-hetero) is 1. The molecule has 23 heavy (non-hydrogen) atoms. The second-order valence-electron chi connectivity index (χ2n) is 6.01. The maximum Gasteiger partial charge on any atom is 0.244 e. The molecule has 0 aliphatic carbocycles. The Balaban J connectivity index is 2.07. The van der Waals surface area contributed by atoms with Gasteiger partial charge in [0.05, 0.1) is 12.1 Å². The Bertz CT molecular complexity index is 755. The van der Waals surface area contributed by atoms with Gasteiger partial charge in [0.1, 0.15) is 0 Å². The fraction of sp³-hybridized carbons (Fsp3) is 0.263. The van der Waals surface area contributed by atoms with E-state index in [0.29, 0.717) is 12.0 Å². The molecule has 4 nitrogen and oxygen atoms in total. The zero-order valence-electron chi connectivity index (χ0n) is 13.3. The van der Waals surface area contributed by atoms with E-state index in [4.69, 9.17) is 5.73 Å². The predicted molar refractivity (Wildman–Crippen MR) is 90.5 cm³/mol. The normalized spacial score (nSPS) is 18.5. The highest BCUT2D eigenvalue weighted by Gasteiger charge is 2.34. The standard InChI is InChI=1S/C19H20N2O2/c1-12(14-6-4-3-5-7-14)21-18-9-8-15(13(2)22)10-16(18)11-17(20)19(21)23/h3-10,12,17H,11,20H2,1-2H3/t12-,17+/m0/s1. The lowest BCUT2D eigenvalue weighted by atomic mass is 9.92. The number of fused-ring (bicyclic) bond motifs is 1. The fourth-order valence-electron chi connectivity index (χ4n) is 3.10.